The molecule has 5 nitrogen and oxygen atoms in total. The van der Waals surface area contributed by atoms with Gasteiger partial charge in [0, 0.05) is 12.3 Å². The van der Waals surface area contributed by atoms with Crippen LogP contribution in [0.5, 0.6) is 0 Å². The van der Waals surface area contributed by atoms with E-state index in [1.807, 2.05) is 19.9 Å². The first-order valence-corrected chi connectivity index (χ1v) is 12.8. The van der Waals surface area contributed by atoms with Crippen molar-refractivity contribution >= 4 is 11.9 Å². The van der Waals surface area contributed by atoms with Gasteiger partial charge in [-0.05, 0) is 61.9 Å². The summed E-state index contributed by atoms with van der Waals surface area (Å²) in [6, 6.07) is 0. The van der Waals surface area contributed by atoms with Crippen molar-refractivity contribution in [3.63, 3.8) is 0 Å². The molecule has 0 spiro atoms. The van der Waals surface area contributed by atoms with Gasteiger partial charge < -0.3 is 14.6 Å². The second kappa shape index (κ2) is 11.5. The van der Waals surface area contributed by atoms with Crippen LogP contribution in [0.2, 0.25) is 0 Å². The number of aliphatic hydroxyl groups excluding tert-OH is 1. The van der Waals surface area contributed by atoms with Crippen molar-refractivity contribution in [3.8, 4) is 0 Å². The van der Waals surface area contributed by atoms with Gasteiger partial charge in [0.05, 0.1) is 12.0 Å². The van der Waals surface area contributed by atoms with Crippen molar-refractivity contribution in [2.75, 3.05) is 0 Å². The molecule has 1 saturated heterocycles. The fraction of sp³-hybridized carbons (Fsp3) is 0.778. The van der Waals surface area contributed by atoms with Crippen LogP contribution in [0.3, 0.4) is 0 Å². The summed E-state index contributed by atoms with van der Waals surface area (Å²) >= 11 is 0. The number of cyclic esters (lactones) is 1. The zero-order valence-electron chi connectivity index (χ0n) is 20.3. The van der Waals surface area contributed by atoms with Gasteiger partial charge in [0.25, 0.3) is 0 Å². The molecule has 1 aliphatic heterocycles. The van der Waals surface area contributed by atoms with Gasteiger partial charge in [0.1, 0.15) is 12.2 Å². The molecule has 2 aliphatic carbocycles. The smallest absolute Gasteiger partial charge is 0.308 e. The summed E-state index contributed by atoms with van der Waals surface area (Å²) in [4.78, 5) is 24.8. The monoisotopic (exact) mass is 446 g/mol. The van der Waals surface area contributed by atoms with E-state index in [1.54, 1.807) is 0 Å². The van der Waals surface area contributed by atoms with E-state index in [1.165, 1.54) is 0 Å². The first-order chi connectivity index (χ1) is 15.3. The lowest BCUT2D eigenvalue weighted by molar-refractivity contribution is -0.160. The van der Waals surface area contributed by atoms with E-state index >= 15 is 0 Å². The highest BCUT2D eigenvalue weighted by atomic mass is 16.5. The van der Waals surface area contributed by atoms with E-state index in [0.717, 1.165) is 44.1 Å². The fourth-order valence-corrected chi connectivity index (χ4v) is 5.73. The molecule has 3 rings (SSSR count). The van der Waals surface area contributed by atoms with Crippen LogP contribution in [0, 0.1) is 29.6 Å². The van der Waals surface area contributed by atoms with Gasteiger partial charge in [0.2, 0.25) is 0 Å². The number of fused-ring (bicyclic) bond motifs is 1. The van der Waals surface area contributed by atoms with Crippen molar-refractivity contribution in [1.29, 1.82) is 0 Å². The molecule has 8 atom stereocenters. The maximum atomic E-state index is 12.7. The Morgan fingerprint density at radius 1 is 1.25 bits per heavy atom. The van der Waals surface area contributed by atoms with E-state index in [2.05, 4.69) is 26.0 Å². The summed E-state index contributed by atoms with van der Waals surface area (Å²) in [6.45, 7) is 8.30. The summed E-state index contributed by atoms with van der Waals surface area (Å²) < 4.78 is 11.8. The first-order valence-electron chi connectivity index (χ1n) is 12.8. The molecule has 8 unspecified atom stereocenters. The lowest BCUT2D eigenvalue weighted by Gasteiger charge is -2.40. The normalized spacial score (nSPS) is 35.8. The van der Waals surface area contributed by atoms with Crippen LogP contribution in [0.1, 0.15) is 85.5 Å². The molecular formula is C27H42O5. The molecule has 1 N–H and O–H groups in total. The van der Waals surface area contributed by atoms with E-state index in [9.17, 15) is 14.7 Å². The Hall–Kier alpha value is -1.62. The maximum Gasteiger partial charge on any atom is 0.308 e. The number of rotatable bonds is 8. The predicted molar refractivity (Wildman–Crippen MR) is 125 cm³/mol. The van der Waals surface area contributed by atoms with Crippen LogP contribution >= 0.6 is 0 Å². The molecular weight excluding hydrogens is 404 g/mol. The Kier molecular flexibility index (Phi) is 8.98. The molecule has 1 fully saturated rings. The van der Waals surface area contributed by atoms with E-state index < -0.39 is 6.10 Å². The first kappa shape index (κ1) is 25.0. The third kappa shape index (κ3) is 6.24. The van der Waals surface area contributed by atoms with Gasteiger partial charge in [0.15, 0.2) is 0 Å². The SMILES string of the molecule is CCCC1CC(=O)OC(CCC2C(C)C=CC3=CC(O)CCC(OC(=O)C(C)CC)C32)C1. The lowest BCUT2D eigenvalue weighted by Crippen LogP contribution is -2.39. The average molecular weight is 447 g/mol. The third-order valence-corrected chi connectivity index (χ3v) is 7.80. The highest BCUT2D eigenvalue weighted by molar-refractivity contribution is 5.72. The summed E-state index contributed by atoms with van der Waals surface area (Å²) in [5.41, 5.74) is 1.09. The Morgan fingerprint density at radius 3 is 2.75 bits per heavy atom. The Morgan fingerprint density at radius 2 is 2.03 bits per heavy atom. The van der Waals surface area contributed by atoms with Crippen LogP contribution in [-0.4, -0.2) is 35.4 Å². The van der Waals surface area contributed by atoms with Gasteiger partial charge >= 0.3 is 11.9 Å². The van der Waals surface area contributed by atoms with Crippen molar-refractivity contribution < 1.29 is 24.2 Å². The number of esters is 2. The second-order valence-corrected chi connectivity index (χ2v) is 10.3. The van der Waals surface area contributed by atoms with Gasteiger partial charge in [-0.3, -0.25) is 9.59 Å². The molecule has 0 aromatic rings. The van der Waals surface area contributed by atoms with E-state index in [4.69, 9.17) is 9.47 Å². The molecule has 0 bridgehead atoms. The van der Waals surface area contributed by atoms with Gasteiger partial charge in [-0.1, -0.05) is 58.8 Å². The highest BCUT2D eigenvalue weighted by Crippen LogP contribution is 2.44. The van der Waals surface area contributed by atoms with Crippen LogP contribution in [-0.2, 0) is 19.1 Å². The standard InChI is InChI=1S/C27H42O5/c1-5-7-19-14-22(31-25(29)15-19)11-12-23-18(4)8-9-20-16-21(28)10-13-24(26(20)23)32-27(30)17(3)6-2/h8-9,16-19,21-24,26,28H,5-7,10-15H2,1-4H3. The fourth-order valence-electron chi connectivity index (χ4n) is 5.73. The van der Waals surface area contributed by atoms with Gasteiger partial charge in [-0.25, -0.2) is 0 Å². The minimum atomic E-state index is -0.507. The summed E-state index contributed by atoms with van der Waals surface area (Å²) in [6.07, 6.45) is 13.0. The topological polar surface area (TPSA) is 72.8 Å². The number of carbonyl (C=O) groups excluding carboxylic acids is 2. The number of hydrogen-bond acceptors (Lipinski definition) is 5. The van der Waals surface area contributed by atoms with Crippen LogP contribution < -0.4 is 0 Å². The van der Waals surface area contributed by atoms with E-state index in [-0.39, 0.29) is 41.9 Å². The Balaban J connectivity index is 1.75. The lowest BCUT2D eigenvalue weighted by atomic mass is 9.69. The molecule has 1 heterocycles. The minimum Gasteiger partial charge on any atom is -0.462 e. The van der Waals surface area contributed by atoms with Crippen molar-refractivity contribution in [2.45, 2.75) is 104 Å². The average Bonchev–Trinajstić information content (AvgIpc) is 2.91. The number of ether oxygens (including phenoxy) is 2. The highest BCUT2D eigenvalue weighted by Gasteiger charge is 2.41. The molecule has 32 heavy (non-hydrogen) atoms. The van der Waals surface area contributed by atoms with Crippen LogP contribution in [0.25, 0.3) is 0 Å². The molecule has 0 aromatic heterocycles. The summed E-state index contributed by atoms with van der Waals surface area (Å²) in [5.74, 6) is 0.809. The van der Waals surface area contributed by atoms with Crippen molar-refractivity contribution in [1.82, 2.24) is 0 Å². The number of carbonyl (C=O) groups is 2. The summed E-state index contributed by atoms with van der Waals surface area (Å²) in [5, 5.41) is 10.4. The largest absolute Gasteiger partial charge is 0.462 e. The van der Waals surface area contributed by atoms with Crippen LogP contribution in [0.15, 0.2) is 23.8 Å². The molecule has 0 aromatic carbocycles. The molecule has 180 valence electrons. The third-order valence-electron chi connectivity index (χ3n) is 7.80. The number of aliphatic hydroxyl groups is 1. The van der Waals surface area contributed by atoms with Gasteiger partial charge in [-0.2, -0.15) is 0 Å². The van der Waals surface area contributed by atoms with Gasteiger partial charge in [-0.15, -0.1) is 0 Å². The van der Waals surface area contributed by atoms with E-state index in [0.29, 0.717) is 31.1 Å². The molecule has 5 heteroatoms. The molecule has 0 saturated carbocycles. The predicted octanol–water partition coefficient (Wildman–Crippen LogP) is 5.37. The van der Waals surface area contributed by atoms with Crippen molar-refractivity contribution in [2.24, 2.45) is 29.6 Å². The molecule has 0 radical (unpaired) electrons. The number of allylic oxidation sites excluding steroid dienone is 2. The van der Waals surface area contributed by atoms with Crippen molar-refractivity contribution in [3.05, 3.63) is 23.8 Å². The maximum absolute atomic E-state index is 12.7. The molecule has 3 aliphatic rings. The quantitative estimate of drug-likeness (QED) is 0.508. The Bertz CT molecular complexity index is 711. The second-order valence-electron chi connectivity index (χ2n) is 10.3. The minimum absolute atomic E-state index is 0.0178. The Labute approximate surface area is 193 Å². The zero-order chi connectivity index (χ0) is 23.3. The number of hydrogen-bond donors (Lipinski definition) is 1. The van der Waals surface area contributed by atoms with Crippen LogP contribution in [0.4, 0.5) is 0 Å². The zero-order valence-corrected chi connectivity index (χ0v) is 20.3. The summed E-state index contributed by atoms with van der Waals surface area (Å²) in [7, 11) is 0. The molecule has 0 amide bonds.